The molecular weight excluding hydrogens is 232 g/mol. The van der Waals surface area contributed by atoms with E-state index in [4.69, 9.17) is 18.0 Å². The van der Waals surface area contributed by atoms with E-state index >= 15 is 0 Å². The van der Waals surface area contributed by atoms with Gasteiger partial charge < -0.3 is 10.6 Å². The van der Waals surface area contributed by atoms with Gasteiger partial charge in [0.2, 0.25) is 0 Å². The minimum absolute atomic E-state index is 0.174. The fraction of sp³-hybridized carbons (Fsp3) is 0.583. The number of rotatable bonds is 5. The molecule has 0 aliphatic carbocycles. The number of hydrogen-bond acceptors (Lipinski definition) is 4. The molecular formula is C12H20N4S. The van der Waals surface area contributed by atoms with Gasteiger partial charge in [-0.25, -0.2) is 4.98 Å². The Kier molecular flexibility index (Phi) is 4.81. The molecule has 0 aliphatic heterocycles. The summed E-state index contributed by atoms with van der Waals surface area (Å²) in [7, 11) is 0. The molecule has 0 spiro atoms. The standard InChI is InChI=1S/C12H20N4S/c1-5-16(7-8(2)12(13)17)11-6-14-9(3)10(4)15-11/h6,8H,5,7H2,1-4H3,(H2,13,17). The van der Waals surface area contributed by atoms with Crippen molar-refractivity contribution < 1.29 is 0 Å². The zero-order chi connectivity index (χ0) is 13.0. The molecule has 1 heterocycles. The third-order valence-electron chi connectivity index (χ3n) is 2.87. The lowest BCUT2D eigenvalue weighted by Crippen LogP contribution is -2.34. The summed E-state index contributed by atoms with van der Waals surface area (Å²) in [5.74, 6) is 1.06. The highest BCUT2D eigenvalue weighted by Crippen LogP contribution is 2.13. The summed E-state index contributed by atoms with van der Waals surface area (Å²) in [6, 6.07) is 0. The Balaban J connectivity index is 2.86. The van der Waals surface area contributed by atoms with Crippen molar-refractivity contribution >= 4 is 23.0 Å². The van der Waals surface area contributed by atoms with Crippen molar-refractivity contribution in [2.75, 3.05) is 18.0 Å². The maximum absolute atomic E-state index is 5.64. The fourth-order valence-corrected chi connectivity index (χ4v) is 1.56. The van der Waals surface area contributed by atoms with Crippen LogP contribution in [0.5, 0.6) is 0 Å². The molecule has 0 bridgehead atoms. The highest BCUT2D eigenvalue weighted by atomic mass is 32.1. The Bertz CT molecular complexity index is 405. The molecule has 1 aromatic heterocycles. The number of aryl methyl sites for hydroxylation is 2. The second kappa shape index (κ2) is 5.91. The van der Waals surface area contributed by atoms with Crippen LogP contribution in [0, 0.1) is 19.8 Å². The van der Waals surface area contributed by atoms with Crippen molar-refractivity contribution in [2.24, 2.45) is 11.7 Å². The number of nitrogens with zero attached hydrogens (tertiary/aromatic N) is 3. The highest BCUT2D eigenvalue weighted by molar-refractivity contribution is 7.80. The molecule has 4 nitrogen and oxygen atoms in total. The van der Waals surface area contributed by atoms with Crippen LogP contribution in [-0.2, 0) is 0 Å². The Morgan fingerprint density at radius 2 is 2.12 bits per heavy atom. The lowest BCUT2D eigenvalue weighted by atomic mass is 10.1. The van der Waals surface area contributed by atoms with E-state index in [-0.39, 0.29) is 5.92 Å². The molecule has 0 aromatic carbocycles. The van der Waals surface area contributed by atoms with E-state index in [0.29, 0.717) is 4.99 Å². The van der Waals surface area contributed by atoms with Crippen molar-refractivity contribution in [2.45, 2.75) is 27.7 Å². The van der Waals surface area contributed by atoms with Crippen molar-refractivity contribution in [1.82, 2.24) is 9.97 Å². The molecule has 0 radical (unpaired) electrons. The van der Waals surface area contributed by atoms with Gasteiger partial charge in [0.25, 0.3) is 0 Å². The normalized spacial score (nSPS) is 12.2. The van der Waals surface area contributed by atoms with E-state index in [2.05, 4.69) is 21.8 Å². The first-order valence-electron chi connectivity index (χ1n) is 5.80. The minimum Gasteiger partial charge on any atom is -0.393 e. The van der Waals surface area contributed by atoms with E-state index < -0.39 is 0 Å². The summed E-state index contributed by atoms with van der Waals surface area (Å²) in [5.41, 5.74) is 7.57. The van der Waals surface area contributed by atoms with Crippen molar-refractivity contribution in [3.05, 3.63) is 17.6 Å². The Morgan fingerprint density at radius 3 is 2.59 bits per heavy atom. The average molecular weight is 252 g/mol. The van der Waals surface area contributed by atoms with E-state index in [1.165, 1.54) is 0 Å². The summed E-state index contributed by atoms with van der Waals surface area (Å²) in [6.45, 7) is 9.69. The molecule has 0 saturated carbocycles. The summed E-state index contributed by atoms with van der Waals surface area (Å²) in [6.07, 6.45) is 1.80. The second-order valence-corrected chi connectivity index (χ2v) is 4.71. The number of aromatic nitrogens is 2. The number of nitrogens with two attached hydrogens (primary N) is 1. The molecule has 0 saturated heterocycles. The van der Waals surface area contributed by atoms with Gasteiger partial charge in [0, 0.05) is 19.0 Å². The molecule has 1 atom stereocenters. The number of hydrogen-bond donors (Lipinski definition) is 1. The first-order valence-corrected chi connectivity index (χ1v) is 6.21. The van der Waals surface area contributed by atoms with Crippen molar-refractivity contribution in [1.29, 1.82) is 0 Å². The van der Waals surface area contributed by atoms with E-state index in [1.54, 1.807) is 6.20 Å². The molecule has 1 unspecified atom stereocenters. The topological polar surface area (TPSA) is 55.0 Å². The quantitative estimate of drug-likeness (QED) is 0.810. The van der Waals surface area contributed by atoms with Gasteiger partial charge in [0.15, 0.2) is 0 Å². The SMILES string of the molecule is CCN(CC(C)C(N)=S)c1cnc(C)c(C)n1. The van der Waals surface area contributed by atoms with Crippen LogP contribution in [0.2, 0.25) is 0 Å². The Labute approximate surface area is 108 Å². The molecule has 17 heavy (non-hydrogen) atoms. The first-order chi connectivity index (χ1) is 7.95. The van der Waals surface area contributed by atoms with Crippen LogP contribution in [0.1, 0.15) is 25.2 Å². The van der Waals surface area contributed by atoms with Gasteiger partial charge in [-0.15, -0.1) is 0 Å². The lowest BCUT2D eigenvalue weighted by molar-refractivity contribution is 0.696. The smallest absolute Gasteiger partial charge is 0.147 e. The lowest BCUT2D eigenvalue weighted by Gasteiger charge is -2.25. The van der Waals surface area contributed by atoms with Crippen LogP contribution in [0.3, 0.4) is 0 Å². The summed E-state index contributed by atoms with van der Waals surface area (Å²) in [4.78, 5) is 11.6. The monoisotopic (exact) mass is 252 g/mol. The van der Waals surface area contributed by atoms with Crippen LogP contribution in [-0.4, -0.2) is 28.0 Å². The predicted molar refractivity (Wildman–Crippen MR) is 75.3 cm³/mol. The highest BCUT2D eigenvalue weighted by Gasteiger charge is 2.13. The van der Waals surface area contributed by atoms with Gasteiger partial charge >= 0.3 is 0 Å². The predicted octanol–water partition coefficient (Wildman–Crippen LogP) is 1.84. The summed E-state index contributed by atoms with van der Waals surface area (Å²) >= 11 is 5.00. The largest absolute Gasteiger partial charge is 0.393 e. The molecule has 1 aromatic rings. The molecule has 1 rings (SSSR count). The molecule has 5 heteroatoms. The van der Waals surface area contributed by atoms with E-state index in [0.717, 1.165) is 30.3 Å². The zero-order valence-corrected chi connectivity index (χ0v) is 11.7. The zero-order valence-electron chi connectivity index (χ0n) is 10.9. The van der Waals surface area contributed by atoms with Gasteiger partial charge in [0.1, 0.15) is 5.82 Å². The van der Waals surface area contributed by atoms with Gasteiger partial charge in [-0.05, 0) is 20.8 Å². The van der Waals surface area contributed by atoms with Crippen LogP contribution in [0.15, 0.2) is 6.20 Å². The van der Waals surface area contributed by atoms with E-state index in [9.17, 15) is 0 Å². The minimum atomic E-state index is 0.174. The molecule has 0 amide bonds. The molecule has 94 valence electrons. The number of anilines is 1. The van der Waals surface area contributed by atoms with Crippen LogP contribution in [0.25, 0.3) is 0 Å². The first kappa shape index (κ1) is 13.8. The summed E-state index contributed by atoms with van der Waals surface area (Å²) < 4.78 is 0. The second-order valence-electron chi connectivity index (χ2n) is 4.24. The van der Waals surface area contributed by atoms with Gasteiger partial charge in [0.05, 0.1) is 22.6 Å². The maximum atomic E-state index is 5.64. The van der Waals surface area contributed by atoms with E-state index in [1.807, 2.05) is 20.8 Å². The Morgan fingerprint density at radius 1 is 1.47 bits per heavy atom. The number of thiocarbonyl (C=S) groups is 1. The van der Waals surface area contributed by atoms with Crippen molar-refractivity contribution in [3.8, 4) is 0 Å². The van der Waals surface area contributed by atoms with Crippen LogP contribution in [0.4, 0.5) is 5.82 Å². The van der Waals surface area contributed by atoms with Crippen LogP contribution >= 0.6 is 12.2 Å². The Hall–Kier alpha value is -1.23. The summed E-state index contributed by atoms with van der Waals surface area (Å²) in [5, 5.41) is 0. The molecule has 0 aliphatic rings. The third-order valence-corrected chi connectivity index (χ3v) is 3.27. The fourth-order valence-electron chi connectivity index (χ4n) is 1.49. The third kappa shape index (κ3) is 3.63. The van der Waals surface area contributed by atoms with Gasteiger partial charge in [-0.3, -0.25) is 4.98 Å². The van der Waals surface area contributed by atoms with Gasteiger partial charge in [-0.1, -0.05) is 19.1 Å². The van der Waals surface area contributed by atoms with Crippen molar-refractivity contribution in [3.63, 3.8) is 0 Å². The van der Waals surface area contributed by atoms with Gasteiger partial charge in [-0.2, -0.15) is 0 Å². The molecule has 2 N–H and O–H groups in total. The maximum Gasteiger partial charge on any atom is 0.147 e. The average Bonchev–Trinajstić information content (AvgIpc) is 2.29. The van der Waals surface area contributed by atoms with Crippen LogP contribution < -0.4 is 10.6 Å². The molecule has 0 fully saturated rings.